The van der Waals surface area contributed by atoms with E-state index in [1.54, 1.807) is 24.3 Å². The van der Waals surface area contributed by atoms with Gasteiger partial charge in [-0.3, -0.25) is 4.79 Å². The molecule has 0 atom stereocenters. The molecule has 0 spiro atoms. The van der Waals surface area contributed by atoms with E-state index in [4.69, 9.17) is 0 Å². The molecule has 0 unspecified atom stereocenters. The van der Waals surface area contributed by atoms with Gasteiger partial charge in [-0.05, 0) is 54.6 Å². The number of thiophene rings is 1. The van der Waals surface area contributed by atoms with Crippen LogP contribution in [-0.2, 0) is 9.84 Å². The van der Waals surface area contributed by atoms with E-state index in [0.717, 1.165) is 35.8 Å². The van der Waals surface area contributed by atoms with Crippen LogP contribution in [-0.4, -0.2) is 19.6 Å². The lowest BCUT2D eigenvalue weighted by Gasteiger charge is -2.11. The molecule has 1 fully saturated rings. The summed E-state index contributed by atoms with van der Waals surface area (Å²) in [7, 11) is -3.26. The second-order valence-corrected chi connectivity index (χ2v) is 9.89. The highest BCUT2D eigenvalue weighted by molar-refractivity contribution is 7.92. The summed E-state index contributed by atoms with van der Waals surface area (Å²) in [5.41, 5.74) is 0.595. The van der Waals surface area contributed by atoms with Crippen molar-refractivity contribution in [3.63, 3.8) is 0 Å². The molecule has 4 rings (SSSR count). The van der Waals surface area contributed by atoms with Crippen molar-refractivity contribution in [3.05, 3.63) is 59.5 Å². The van der Waals surface area contributed by atoms with Crippen LogP contribution in [0.3, 0.4) is 0 Å². The summed E-state index contributed by atoms with van der Waals surface area (Å²) in [6, 6.07) is 16.2. The SMILES string of the molecule is O=C(Nc1ccc(S(=O)(=O)C2CCCC2)cc1)c1cc2ccccc2s1. The smallest absolute Gasteiger partial charge is 0.265 e. The monoisotopic (exact) mass is 385 g/mol. The second kappa shape index (κ2) is 6.85. The topological polar surface area (TPSA) is 63.2 Å². The van der Waals surface area contributed by atoms with Crippen molar-refractivity contribution < 1.29 is 13.2 Å². The molecule has 0 radical (unpaired) electrons. The van der Waals surface area contributed by atoms with Crippen molar-refractivity contribution in [3.8, 4) is 0 Å². The summed E-state index contributed by atoms with van der Waals surface area (Å²) in [6.45, 7) is 0. The minimum absolute atomic E-state index is 0.183. The average molecular weight is 386 g/mol. The highest BCUT2D eigenvalue weighted by Crippen LogP contribution is 2.30. The first kappa shape index (κ1) is 17.2. The molecule has 3 aromatic rings. The van der Waals surface area contributed by atoms with Crippen molar-refractivity contribution in [2.24, 2.45) is 0 Å². The maximum atomic E-state index is 12.6. The molecule has 1 heterocycles. The Labute approximate surface area is 156 Å². The lowest BCUT2D eigenvalue weighted by Crippen LogP contribution is -2.17. The predicted octanol–water partition coefficient (Wildman–Crippen LogP) is 4.87. The molecule has 1 N–H and O–H groups in total. The third-order valence-corrected chi connectivity index (χ3v) is 8.22. The number of rotatable bonds is 4. The largest absolute Gasteiger partial charge is 0.321 e. The number of carbonyl (C=O) groups is 1. The number of amides is 1. The van der Waals surface area contributed by atoms with E-state index in [1.165, 1.54) is 11.3 Å². The minimum atomic E-state index is -3.26. The van der Waals surface area contributed by atoms with Crippen molar-refractivity contribution in [1.82, 2.24) is 0 Å². The molecule has 4 nitrogen and oxygen atoms in total. The fraction of sp³-hybridized carbons (Fsp3) is 0.250. The van der Waals surface area contributed by atoms with Gasteiger partial charge >= 0.3 is 0 Å². The van der Waals surface area contributed by atoms with E-state index in [2.05, 4.69) is 5.32 Å². The van der Waals surface area contributed by atoms with Gasteiger partial charge in [0.05, 0.1) is 15.0 Å². The minimum Gasteiger partial charge on any atom is -0.321 e. The third-order valence-electron chi connectivity index (χ3n) is 4.83. The second-order valence-electron chi connectivity index (χ2n) is 6.58. The molecule has 1 saturated carbocycles. The van der Waals surface area contributed by atoms with Gasteiger partial charge in [-0.25, -0.2) is 8.42 Å². The summed E-state index contributed by atoms with van der Waals surface area (Å²) in [6.07, 6.45) is 3.44. The van der Waals surface area contributed by atoms with Gasteiger partial charge in [-0.15, -0.1) is 11.3 Å². The number of carbonyl (C=O) groups excluding carboxylic acids is 1. The fourth-order valence-corrected chi connectivity index (χ4v) is 6.22. The Hall–Kier alpha value is -2.18. The molecule has 2 aromatic carbocycles. The fourth-order valence-electron chi connectivity index (χ4n) is 3.41. The van der Waals surface area contributed by atoms with Crippen LogP contribution in [0.25, 0.3) is 10.1 Å². The lowest BCUT2D eigenvalue weighted by atomic mass is 10.2. The Kier molecular flexibility index (Phi) is 4.54. The summed E-state index contributed by atoms with van der Waals surface area (Å²) in [4.78, 5) is 13.4. The van der Waals surface area contributed by atoms with Crippen molar-refractivity contribution in [2.75, 3.05) is 5.32 Å². The molecule has 6 heteroatoms. The zero-order chi connectivity index (χ0) is 18.1. The van der Waals surface area contributed by atoms with Crippen molar-refractivity contribution in [2.45, 2.75) is 35.8 Å². The van der Waals surface area contributed by atoms with Gasteiger partial charge in [0.2, 0.25) is 0 Å². The molecule has 26 heavy (non-hydrogen) atoms. The number of sulfone groups is 1. The Morgan fingerprint density at radius 3 is 2.38 bits per heavy atom. The van der Waals surface area contributed by atoms with Gasteiger partial charge in [-0.1, -0.05) is 31.0 Å². The molecule has 0 aliphatic heterocycles. The van der Waals surface area contributed by atoms with Gasteiger partial charge in [0.25, 0.3) is 5.91 Å². The molecular weight excluding hydrogens is 366 g/mol. The van der Waals surface area contributed by atoms with E-state index in [0.29, 0.717) is 15.5 Å². The van der Waals surface area contributed by atoms with Gasteiger partial charge in [0, 0.05) is 10.4 Å². The van der Waals surface area contributed by atoms with Crippen LogP contribution in [0.4, 0.5) is 5.69 Å². The Morgan fingerprint density at radius 2 is 1.69 bits per heavy atom. The number of anilines is 1. The lowest BCUT2D eigenvalue weighted by molar-refractivity contribution is 0.103. The molecule has 0 bridgehead atoms. The molecular formula is C20H19NO3S2. The summed E-state index contributed by atoms with van der Waals surface area (Å²) < 4.78 is 26.3. The number of hydrogen-bond donors (Lipinski definition) is 1. The van der Waals surface area contributed by atoms with Crippen LogP contribution in [0.2, 0.25) is 0 Å². The molecule has 0 saturated heterocycles. The average Bonchev–Trinajstić information content (AvgIpc) is 3.32. The highest BCUT2D eigenvalue weighted by Gasteiger charge is 2.30. The summed E-state index contributed by atoms with van der Waals surface area (Å²) >= 11 is 1.44. The number of fused-ring (bicyclic) bond motifs is 1. The predicted molar refractivity (Wildman–Crippen MR) is 106 cm³/mol. The van der Waals surface area contributed by atoms with Crippen LogP contribution in [0.15, 0.2) is 59.5 Å². The van der Waals surface area contributed by atoms with Crippen LogP contribution in [0.5, 0.6) is 0 Å². The molecule has 1 aliphatic rings. The summed E-state index contributed by atoms with van der Waals surface area (Å²) in [5, 5.41) is 3.62. The molecule has 1 amide bonds. The molecule has 134 valence electrons. The number of hydrogen-bond acceptors (Lipinski definition) is 4. The van der Waals surface area contributed by atoms with E-state index in [1.807, 2.05) is 30.3 Å². The first-order chi connectivity index (χ1) is 12.5. The number of benzene rings is 2. The standard InChI is InChI=1S/C20H19NO3S2/c22-20(19-13-14-5-1-4-8-18(14)25-19)21-15-9-11-17(12-10-15)26(23,24)16-6-2-3-7-16/h1,4-5,8-13,16H,2-3,6-7H2,(H,21,22). The Bertz CT molecular complexity index is 1010. The van der Waals surface area contributed by atoms with Crippen molar-refractivity contribution >= 4 is 42.9 Å². The summed E-state index contributed by atoms with van der Waals surface area (Å²) in [5.74, 6) is -0.183. The van der Waals surface area contributed by atoms with Crippen molar-refractivity contribution in [1.29, 1.82) is 0 Å². The van der Waals surface area contributed by atoms with E-state index < -0.39 is 9.84 Å². The van der Waals surface area contributed by atoms with Crippen LogP contribution in [0, 0.1) is 0 Å². The Morgan fingerprint density at radius 1 is 1.00 bits per heavy atom. The van der Waals surface area contributed by atoms with Gasteiger partial charge < -0.3 is 5.32 Å². The third kappa shape index (κ3) is 3.27. The molecule has 1 aromatic heterocycles. The zero-order valence-corrected chi connectivity index (χ0v) is 15.8. The van der Waals surface area contributed by atoms with Gasteiger partial charge in [0.1, 0.15) is 0 Å². The number of nitrogens with one attached hydrogen (secondary N) is 1. The van der Waals surface area contributed by atoms with Crippen LogP contribution < -0.4 is 5.32 Å². The van der Waals surface area contributed by atoms with E-state index >= 15 is 0 Å². The highest BCUT2D eigenvalue weighted by atomic mass is 32.2. The van der Waals surface area contributed by atoms with Crippen LogP contribution >= 0.6 is 11.3 Å². The van der Waals surface area contributed by atoms with Crippen LogP contribution in [0.1, 0.15) is 35.4 Å². The Balaban J connectivity index is 1.51. The van der Waals surface area contributed by atoms with E-state index in [9.17, 15) is 13.2 Å². The van der Waals surface area contributed by atoms with Gasteiger partial charge in [0.15, 0.2) is 9.84 Å². The first-order valence-corrected chi connectivity index (χ1v) is 11.0. The normalized spacial score (nSPS) is 15.4. The van der Waals surface area contributed by atoms with Gasteiger partial charge in [-0.2, -0.15) is 0 Å². The first-order valence-electron chi connectivity index (χ1n) is 8.68. The quantitative estimate of drug-likeness (QED) is 0.697. The molecule has 1 aliphatic carbocycles. The zero-order valence-electron chi connectivity index (χ0n) is 14.1. The van der Waals surface area contributed by atoms with E-state index in [-0.39, 0.29) is 11.2 Å². The maximum Gasteiger partial charge on any atom is 0.265 e. The maximum absolute atomic E-state index is 12.6.